The van der Waals surface area contributed by atoms with Gasteiger partial charge in [-0.3, -0.25) is 9.59 Å². The molecule has 0 spiro atoms. The van der Waals surface area contributed by atoms with Gasteiger partial charge in [-0.15, -0.1) is 0 Å². The molecular formula is C12H19NO4. The summed E-state index contributed by atoms with van der Waals surface area (Å²) in [5.41, 5.74) is 0. The Labute approximate surface area is 101 Å². The van der Waals surface area contributed by atoms with Gasteiger partial charge >= 0.3 is 5.97 Å². The molecule has 2 atom stereocenters. The zero-order valence-corrected chi connectivity index (χ0v) is 9.93. The highest BCUT2D eigenvalue weighted by Gasteiger charge is 2.36. The standard InChI is InChI=1S/C12H19NO4/c14-11(4-5-12(15)16)13-6-7-17-8-9-2-1-3-10(9)13/h9-10H,1-8H2,(H,15,16)/t9-,10-/m1/s1. The average molecular weight is 241 g/mol. The summed E-state index contributed by atoms with van der Waals surface area (Å²) in [7, 11) is 0. The molecule has 0 aromatic carbocycles. The number of nitrogens with zero attached hydrogens (tertiary/aromatic N) is 1. The number of carboxylic acid groups (broad SMARTS) is 1. The molecule has 1 amide bonds. The zero-order chi connectivity index (χ0) is 12.3. The molecule has 2 rings (SSSR count). The van der Waals surface area contributed by atoms with Gasteiger partial charge in [0.2, 0.25) is 5.91 Å². The van der Waals surface area contributed by atoms with Gasteiger partial charge in [0, 0.05) is 24.9 Å². The Balaban J connectivity index is 1.96. The van der Waals surface area contributed by atoms with Crippen LogP contribution in [0.2, 0.25) is 0 Å². The molecule has 96 valence electrons. The summed E-state index contributed by atoms with van der Waals surface area (Å²) in [6.45, 7) is 1.93. The van der Waals surface area contributed by atoms with Gasteiger partial charge in [0.1, 0.15) is 0 Å². The van der Waals surface area contributed by atoms with Gasteiger partial charge in [0.05, 0.1) is 19.6 Å². The largest absolute Gasteiger partial charge is 0.481 e. The van der Waals surface area contributed by atoms with Gasteiger partial charge in [0.15, 0.2) is 0 Å². The first-order chi connectivity index (χ1) is 8.18. The first kappa shape index (κ1) is 12.4. The van der Waals surface area contributed by atoms with E-state index in [0.717, 1.165) is 25.9 Å². The molecule has 1 N–H and O–H groups in total. The number of carboxylic acids is 1. The lowest BCUT2D eigenvalue weighted by Crippen LogP contribution is -2.42. The van der Waals surface area contributed by atoms with Crippen molar-refractivity contribution in [2.24, 2.45) is 5.92 Å². The summed E-state index contributed by atoms with van der Waals surface area (Å²) in [5, 5.41) is 8.61. The molecule has 2 aliphatic rings. The second-order valence-corrected chi connectivity index (χ2v) is 4.81. The van der Waals surface area contributed by atoms with Gasteiger partial charge in [0.25, 0.3) is 0 Å². The Hall–Kier alpha value is -1.10. The first-order valence-electron chi connectivity index (χ1n) is 6.27. The van der Waals surface area contributed by atoms with Crippen molar-refractivity contribution < 1.29 is 19.4 Å². The van der Waals surface area contributed by atoms with E-state index in [1.54, 1.807) is 0 Å². The maximum absolute atomic E-state index is 12.0. The number of rotatable bonds is 3. The van der Waals surface area contributed by atoms with Crippen LogP contribution in [0, 0.1) is 5.92 Å². The van der Waals surface area contributed by atoms with E-state index in [-0.39, 0.29) is 24.8 Å². The fraction of sp³-hybridized carbons (Fsp3) is 0.833. The van der Waals surface area contributed by atoms with Crippen molar-refractivity contribution in [3.05, 3.63) is 0 Å². The molecule has 5 nitrogen and oxygen atoms in total. The Morgan fingerprint density at radius 1 is 1.29 bits per heavy atom. The number of carbonyl (C=O) groups excluding carboxylic acids is 1. The van der Waals surface area contributed by atoms with Crippen molar-refractivity contribution in [3.8, 4) is 0 Å². The van der Waals surface area contributed by atoms with Crippen LogP contribution in [-0.4, -0.2) is 47.7 Å². The Kier molecular flexibility index (Phi) is 3.99. The summed E-state index contributed by atoms with van der Waals surface area (Å²) in [5.74, 6) is -0.492. The predicted molar refractivity (Wildman–Crippen MR) is 60.5 cm³/mol. The third-order valence-corrected chi connectivity index (χ3v) is 3.70. The molecular weight excluding hydrogens is 222 g/mol. The highest BCUT2D eigenvalue weighted by atomic mass is 16.5. The number of hydrogen-bond acceptors (Lipinski definition) is 3. The quantitative estimate of drug-likeness (QED) is 0.796. The summed E-state index contributed by atoms with van der Waals surface area (Å²) in [4.78, 5) is 24.3. The van der Waals surface area contributed by atoms with E-state index in [0.29, 0.717) is 19.1 Å². The van der Waals surface area contributed by atoms with E-state index >= 15 is 0 Å². The number of fused-ring (bicyclic) bond motifs is 1. The Bertz CT molecular complexity index is 305. The minimum absolute atomic E-state index is 0.0326. The lowest BCUT2D eigenvalue weighted by atomic mass is 10.0. The molecule has 1 saturated carbocycles. The molecule has 1 saturated heterocycles. The monoisotopic (exact) mass is 241 g/mol. The maximum Gasteiger partial charge on any atom is 0.303 e. The van der Waals surface area contributed by atoms with Crippen molar-refractivity contribution in [1.29, 1.82) is 0 Å². The van der Waals surface area contributed by atoms with Gasteiger partial charge in [-0.25, -0.2) is 0 Å². The minimum atomic E-state index is -0.910. The highest BCUT2D eigenvalue weighted by molar-refractivity contribution is 5.81. The van der Waals surface area contributed by atoms with Crippen molar-refractivity contribution >= 4 is 11.9 Å². The molecule has 0 aromatic rings. The Morgan fingerprint density at radius 2 is 2.12 bits per heavy atom. The summed E-state index contributed by atoms with van der Waals surface area (Å²) >= 11 is 0. The number of hydrogen-bond donors (Lipinski definition) is 1. The fourth-order valence-corrected chi connectivity index (χ4v) is 2.85. The molecule has 0 unspecified atom stereocenters. The smallest absolute Gasteiger partial charge is 0.303 e. The fourth-order valence-electron chi connectivity index (χ4n) is 2.85. The predicted octanol–water partition coefficient (Wildman–Crippen LogP) is 0.879. The molecule has 17 heavy (non-hydrogen) atoms. The number of amides is 1. The molecule has 0 aromatic heterocycles. The van der Waals surface area contributed by atoms with Crippen LogP contribution in [0.3, 0.4) is 0 Å². The molecule has 1 aliphatic heterocycles. The topological polar surface area (TPSA) is 66.8 Å². The van der Waals surface area contributed by atoms with Crippen molar-refractivity contribution in [2.75, 3.05) is 19.8 Å². The normalized spacial score (nSPS) is 28.6. The van der Waals surface area contributed by atoms with Gasteiger partial charge < -0.3 is 14.7 Å². The average Bonchev–Trinajstić information content (AvgIpc) is 2.66. The van der Waals surface area contributed by atoms with Crippen molar-refractivity contribution in [3.63, 3.8) is 0 Å². The van der Waals surface area contributed by atoms with Crippen LogP contribution in [0.1, 0.15) is 32.1 Å². The van der Waals surface area contributed by atoms with Crippen molar-refractivity contribution in [1.82, 2.24) is 4.90 Å². The minimum Gasteiger partial charge on any atom is -0.481 e. The molecule has 0 bridgehead atoms. The van der Waals surface area contributed by atoms with Crippen LogP contribution in [-0.2, 0) is 14.3 Å². The van der Waals surface area contributed by atoms with E-state index in [2.05, 4.69) is 0 Å². The lowest BCUT2D eigenvalue weighted by Gasteiger charge is -2.29. The number of carbonyl (C=O) groups is 2. The summed E-state index contributed by atoms with van der Waals surface area (Å²) < 4.78 is 5.50. The van der Waals surface area contributed by atoms with Gasteiger partial charge in [-0.05, 0) is 12.8 Å². The van der Waals surface area contributed by atoms with Crippen LogP contribution in [0.15, 0.2) is 0 Å². The number of ether oxygens (including phenoxy) is 1. The van der Waals surface area contributed by atoms with Crippen LogP contribution < -0.4 is 0 Å². The van der Waals surface area contributed by atoms with E-state index in [1.165, 1.54) is 0 Å². The third kappa shape index (κ3) is 2.97. The Morgan fingerprint density at radius 3 is 2.88 bits per heavy atom. The molecule has 2 fully saturated rings. The van der Waals surface area contributed by atoms with Crippen LogP contribution in [0.5, 0.6) is 0 Å². The van der Waals surface area contributed by atoms with E-state index in [1.807, 2.05) is 4.90 Å². The zero-order valence-electron chi connectivity index (χ0n) is 9.93. The van der Waals surface area contributed by atoms with Gasteiger partial charge in [-0.1, -0.05) is 6.42 Å². The number of aliphatic carboxylic acids is 1. The third-order valence-electron chi connectivity index (χ3n) is 3.70. The van der Waals surface area contributed by atoms with Crippen LogP contribution >= 0.6 is 0 Å². The maximum atomic E-state index is 12.0. The molecule has 5 heteroatoms. The highest BCUT2D eigenvalue weighted by Crippen LogP contribution is 2.32. The van der Waals surface area contributed by atoms with E-state index in [9.17, 15) is 9.59 Å². The lowest BCUT2D eigenvalue weighted by molar-refractivity contribution is -0.141. The second-order valence-electron chi connectivity index (χ2n) is 4.81. The molecule has 1 heterocycles. The van der Waals surface area contributed by atoms with E-state index in [4.69, 9.17) is 9.84 Å². The van der Waals surface area contributed by atoms with Crippen LogP contribution in [0.25, 0.3) is 0 Å². The van der Waals surface area contributed by atoms with Crippen LogP contribution in [0.4, 0.5) is 0 Å². The van der Waals surface area contributed by atoms with E-state index < -0.39 is 5.97 Å². The SMILES string of the molecule is O=C(O)CCC(=O)N1CCOC[C@H]2CCC[C@H]21. The molecule has 1 aliphatic carbocycles. The summed E-state index contributed by atoms with van der Waals surface area (Å²) in [6.07, 6.45) is 3.33. The first-order valence-corrected chi connectivity index (χ1v) is 6.27. The second kappa shape index (κ2) is 5.49. The molecule has 0 radical (unpaired) electrons. The summed E-state index contributed by atoms with van der Waals surface area (Å²) in [6, 6.07) is 0.277. The van der Waals surface area contributed by atoms with Gasteiger partial charge in [-0.2, -0.15) is 0 Å². The van der Waals surface area contributed by atoms with Crippen molar-refractivity contribution in [2.45, 2.75) is 38.1 Å².